The van der Waals surface area contributed by atoms with E-state index >= 15 is 0 Å². The number of thiophene rings is 1. The van der Waals surface area contributed by atoms with Crippen LogP contribution in [0.1, 0.15) is 40.3 Å². The molecule has 2 aromatic heterocycles. The average molecular weight is 458 g/mol. The van der Waals surface area contributed by atoms with Crippen LogP contribution < -0.4 is 10.0 Å². The third-order valence-corrected chi connectivity index (χ3v) is 7.88. The Hall–Kier alpha value is -2.75. The molecule has 0 radical (unpaired) electrons. The molecule has 31 heavy (non-hydrogen) atoms. The minimum atomic E-state index is -3.61. The van der Waals surface area contributed by atoms with Crippen molar-refractivity contribution in [3.63, 3.8) is 0 Å². The monoisotopic (exact) mass is 457 g/mol. The van der Waals surface area contributed by atoms with Crippen LogP contribution in [0.25, 0.3) is 12.2 Å². The van der Waals surface area contributed by atoms with Crippen molar-refractivity contribution in [1.29, 1.82) is 0 Å². The zero-order valence-electron chi connectivity index (χ0n) is 17.2. The standard InChI is InChI=1S/C22H23N3O4S2/c1-14-3-5-16(6-4-14)13-23-31(27,28)20-12-10-18(30-20)9-11-19-21(15(2)25-29-19)24-22(26)17-7-8-17/h3-6,9-12,17,23H,7-8,13H2,1-2H3,(H,24,26). The molecule has 0 aliphatic heterocycles. The fourth-order valence-electron chi connectivity index (χ4n) is 2.91. The summed E-state index contributed by atoms with van der Waals surface area (Å²) in [5.74, 6) is 0.482. The number of hydrogen-bond acceptors (Lipinski definition) is 6. The first-order valence-electron chi connectivity index (χ1n) is 9.92. The Labute approximate surface area is 185 Å². The van der Waals surface area contributed by atoms with Crippen LogP contribution in [-0.2, 0) is 21.4 Å². The van der Waals surface area contributed by atoms with Gasteiger partial charge in [-0.15, -0.1) is 11.3 Å². The van der Waals surface area contributed by atoms with Gasteiger partial charge in [0, 0.05) is 17.3 Å². The Morgan fingerprint density at radius 1 is 1.16 bits per heavy atom. The van der Waals surface area contributed by atoms with Crippen molar-refractivity contribution in [3.8, 4) is 0 Å². The Balaban J connectivity index is 1.43. The van der Waals surface area contributed by atoms with Gasteiger partial charge in [-0.1, -0.05) is 35.0 Å². The largest absolute Gasteiger partial charge is 0.354 e. The van der Waals surface area contributed by atoms with Gasteiger partial charge in [0.2, 0.25) is 15.9 Å². The van der Waals surface area contributed by atoms with Crippen molar-refractivity contribution >= 4 is 45.1 Å². The van der Waals surface area contributed by atoms with Gasteiger partial charge in [0.05, 0.1) is 0 Å². The number of anilines is 1. The quantitative estimate of drug-likeness (QED) is 0.524. The third kappa shape index (κ3) is 5.30. The van der Waals surface area contributed by atoms with Gasteiger partial charge in [-0.25, -0.2) is 13.1 Å². The summed E-state index contributed by atoms with van der Waals surface area (Å²) in [5.41, 5.74) is 3.17. The molecule has 1 fully saturated rings. The van der Waals surface area contributed by atoms with Crippen LogP contribution in [0.4, 0.5) is 5.69 Å². The van der Waals surface area contributed by atoms with Crippen molar-refractivity contribution in [2.24, 2.45) is 5.92 Å². The molecule has 0 bridgehead atoms. The van der Waals surface area contributed by atoms with Crippen molar-refractivity contribution in [2.75, 3.05) is 5.32 Å². The Kier molecular flexibility index (Phi) is 6.08. The minimum Gasteiger partial charge on any atom is -0.354 e. The highest BCUT2D eigenvalue weighted by atomic mass is 32.2. The molecule has 2 heterocycles. The number of sulfonamides is 1. The first-order chi connectivity index (χ1) is 14.8. The zero-order valence-corrected chi connectivity index (χ0v) is 18.8. The molecular formula is C22H23N3O4S2. The van der Waals surface area contributed by atoms with E-state index in [1.807, 2.05) is 31.2 Å². The van der Waals surface area contributed by atoms with Gasteiger partial charge in [0.25, 0.3) is 0 Å². The van der Waals surface area contributed by atoms with E-state index in [1.54, 1.807) is 31.2 Å². The van der Waals surface area contributed by atoms with E-state index in [0.717, 1.165) is 40.2 Å². The molecule has 0 atom stereocenters. The molecule has 4 rings (SSSR count). The van der Waals surface area contributed by atoms with Crippen LogP contribution in [0.5, 0.6) is 0 Å². The topological polar surface area (TPSA) is 101 Å². The van der Waals surface area contributed by atoms with E-state index in [4.69, 9.17) is 4.52 Å². The number of aromatic nitrogens is 1. The molecule has 0 spiro atoms. The Morgan fingerprint density at radius 3 is 2.61 bits per heavy atom. The molecule has 1 aliphatic rings. The van der Waals surface area contributed by atoms with E-state index in [2.05, 4.69) is 15.2 Å². The Morgan fingerprint density at radius 2 is 1.90 bits per heavy atom. The number of hydrogen-bond donors (Lipinski definition) is 2. The van der Waals surface area contributed by atoms with Gasteiger partial charge in [-0.3, -0.25) is 4.79 Å². The van der Waals surface area contributed by atoms with Crippen molar-refractivity contribution < 1.29 is 17.7 Å². The number of benzene rings is 1. The zero-order chi connectivity index (χ0) is 22.0. The maximum atomic E-state index is 12.6. The molecule has 1 aliphatic carbocycles. The predicted octanol–water partition coefficient (Wildman–Crippen LogP) is 4.35. The van der Waals surface area contributed by atoms with Gasteiger partial charge in [-0.2, -0.15) is 0 Å². The average Bonchev–Trinajstić information content (AvgIpc) is 3.39. The first kappa shape index (κ1) is 21.5. The summed E-state index contributed by atoms with van der Waals surface area (Å²) in [6, 6.07) is 11.0. The smallest absolute Gasteiger partial charge is 0.250 e. The van der Waals surface area contributed by atoms with Gasteiger partial charge in [-0.05, 0) is 56.5 Å². The first-order valence-corrected chi connectivity index (χ1v) is 12.2. The highest BCUT2D eigenvalue weighted by molar-refractivity contribution is 7.91. The molecule has 162 valence electrons. The third-order valence-electron chi connectivity index (χ3n) is 4.94. The molecule has 1 saturated carbocycles. The number of nitrogens with zero attached hydrogens (tertiary/aromatic N) is 1. The maximum absolute atomic E-state index is 12.6. The maximum Gasteiger partial charge on any atom is 0.250 e. The fourth-order valence-corrected chi connectivity index (χ4v) is 5.20. The van der Waals surface area contributed by atoms with Gasteiger partial charge >= 0.3 is 0 Å². The van der Waals surface area contributed by atoms with E-state index in [9.17, 15) is 13.2 Å². The lowest BCUT2D eigenvalue weighted by atomic mass is 10.2. The van der Waals surface area contributed by atoms with Gasteiger partial charge < -0.3 is 9.84 Å². The molecule has 1 aromatic carbocycles. The van der Waals surface area contributed by atoms with Crippen LogP contribution in [0.3, 0.4) is 0 Å². The second kappa shape index (κ2) is 8.78. The summed E-state index contributed by atoms with van der Waals surface area (Å²) in [6.07, 6.45) is 5.25. The van der Waals surface area contributed by atoms with Crippen LogP contribution in [0.2, 0.25) is 0 Å². The summed E-state index contributed by atoms with van der Waals surface area (Å²) in [4.78, 5) is 12.8. The predicted molar refractivity (Wildman–Crippen MR) is 121 cm³/mol. The van der Waals surface area contributed by atoms with E-state index in [0.29, 0.717) is 17.1 Å². The second-order valence-electron chi connectivity index (χ2n) is 7.57. The second-order valence-corrected chi connectivity index (χ2v) is 10.7. The summed E-state index contributed by atoms with van der Waals surface area (Å²) in [5, 5.41) is 6.79. The lowest BCUT2D eigenvalue weighted by Gasteiger charge is -2.05. The van der Waals surface area contributed by atoms with Crippen molar-refractivity contribution in [3.05, 3.63) is 63.9 Å². The molecule has 9 heteroatoms. The molecule has 1 amide bonds. The molecule has 3 aromatic rings. The molecular weight excluding hydrogens is 434 g/mol. The molecule has 0 unspecified atom stereocenters. The van der Waals surface area contributed by atoms with Gasteiger partial charge in [0.1, 0.15) is 15.6 Å². The molecule has 7 nitrogen and oxygen atoms in total. The summed E-state index contributed by atoms with van der Waals surface area (Å²) in [7, 11) is -3.61. The highest BCUT2D eigenvalue weighted by Gasteiger charge is 2.30. The lowest BCUT2D eigenvalue weighted by Crippen LogP contribution is -2.22. The number of aryl methyl sites for hydroxylation is 2. The number of carbonyl (C=O) groups excluding carboxylic acids is 1. The van der Waals surface area contributed by atoms with E-state index < -0.39 is 10.0 Å². The van der Waals surface area contributed by atoms with Crippen LogP contribution in [0.15, 0.2) is 45.1 Å². The van der Waals surface area contributed by atoms with E-state index in [-0.39, 0.29) is 22.6 Å². The number of amides is 1. The normalized spacial score (nSPS) is 14.3. The molecule has 0 saturated heterocycles. The number of carbonyl (C=O) groups is 1. The van der Waals surface area contributed by atoms with Crippen molar-refractivity contribution in [1.82, 2.24) is 9.88 Å². The number of rotatable bonds is 8. The SMILES string of the molecule is Cc1ccc(CNS(=O)(=O)c2ccc(C=Cc3onc(C)c3NC(=O)C3CC3)s2)cc1. The Bertz CT molecular complexity index is 1220. The van der Waals surface area contributed by atoms with Gasteiger partial charge in [0.15, 0.2) is 5.76 Å². The van der Waals surface area contributed by atoms with Crippen LogP contribution >= 0.6 is 11.3 Å². The van der Waals surface area contributed by atoms with Crippen molar-refractivity contribution in [2.45, 2.75) is 37.4 Å². The molecule has 2 N–H and O–H groups in total. The summed E-state index contributed by atoms with van der Waals surface area (Å²) in [6.45, 7) is 3.98. The minimum absolute atomic E-state index is 0.0231. The highest BCUT2D eigenvalue weighted by Crippen LogP contribution is 2.32. The lowest BCUT2D eigenvalue weighted by molar-refractivity contribution is -0.117. The number of nitrogens with one attached hydrogen (secondary N) is 2. The van der Waals surface area contributed by atoms with Crippen LogP contribution in [0, 0.1) is 19.8 Å². The van der Waals surface area contributed by atoms with Crippen LogP contribution in [-0.4, -0.2) is 19.5 Å². The fraction of sp³-hybridized carbons (Fsp3) is 0.273. The summed E-state index contributed by atoms with van der Waals surface area (Å²) < 4.78 is 33.4. The summed E-state index contributed by atoms with van der Waals surface area (Å²) >= 11 is 1.15. The van der Waals surface area contributed by atoms with E-state index in [1.165, 1.54) is 0 Å².